The Morgan fingerprint density at radius 3 is 2.33 bits per heavy atom. The minimum Gasteiger partial charge on any atom is -0.368 e. The largest absolute Gasteiger partial charge is 0.368 e. The minimum absolute atomic E-state index is 0.0382. The minimum atomic E-state index is -1.12. The number of anilines is 2. The Kier molecular flexibility index (Phi) is 9.43. The number of amides is 3. The normalized spacial score (nSPS) is 16.0. The zero-order chi connectivity index (χ0) is 29.5. The molecule has 10 heteroatoms. The van der Waals surface area contributed by atoms with Crippen molar-refractivity contribution in [1.29, 1.82) is 0 Å². The molecule has 2 heterocycles. The van der Waals surface area contributed by atoms with E-state index >= 15 is 0 Å². The van der Waals surface area contributed by atoms with E-state index < -0.39 is 17.5 Å². The van der Waals surface area contributed by atoms with Crippen LogP contribution in [0.4, 0.5) is 20.2 Å². The van der Waals surface area contributed by atoms with Gasteiger partial charge in [0.05, 0.1) is 17.8 Å². The number of rotatable bonds is 6. The Morgan fingerprint density at radius 2 is 1.52 bits per heavy atom. The van der Waals surface area contributed by atoms with Crippen molar-refractivity contribution in [2.45, 2.75) is 19.3 Å². The van der Waals surface area contributed by atoms with Gasteiger partial charge in [-0.05, 0) is 61.3 Å². The predicted octanol–water partition coefficient (Wildman–Crippen LogP) is 3.93. The molecule has 0 saturated carbocycles. The van der Waals surface area contributed by atoms with Gasteiger partial charge >= 0.3 is 0 Å². The van der Waals surface area contributed by atoms with E-state index in [1.807, 2.05) is 41.3 Å². The van der Waals surface area contributed by atoms with Crippen molar-refractivity contribution < 1.29 is 23.2 Å². The Bertz CT molecular complexity index is 1430. The van der Waals surface area contributed by atoms with Crippen LogP contribution in [0.25, 0.3) is 0 Å². The highest BCUT2D eigenvalue weighted by atomic mass is 19.2. The molecule has 2 N–H and O–H groups in total. The van der Waals surface area contributed by atoms with Crippen molar-refractivity contribution in [3.8, 4) is 0 Å². The van der Waals surface area contributed by atoms with Gasteiger partial charge in [-0.3, -0.25) is 14.4 Å². The predicted molar refractivity (Wildman–Crippen MR) is 158 cm³/mol. The molecule has 2 saturated heterocycles. The lowest BCUT2D eigenvalue weighted by molar-refractivity contribution is -0.130. The first-order valence-corrected chi connectivity index (χ1v) is 14.4. The van der Waals surface area contributed by atoms with Gasteiger partial charge in [-0.15, -0.1) is 0 Å². The Balaban J connectivity index is 1.37. The summed E-state index contributed by atoms with van der Waals surface area (Å²) in [7, 11) is 0. The molecule has 220 valence electrons. The Hall–Kier alpha value is -4.31. The zero-order valence-electron chi connectivity index (χ0n) is 23.5. The monoisotopic (exact) mass is 575 g/mol. The van der Waals surface area contributed by atoms with E-state index in [0.717, 1.165) is 37.1 Å². The third-order valence-electron chi connectivity index (χ3n) is 7.69. The van der Waals surface area contributed by atoms with E-state index in [1.165, 1.54) is 6.07 Å². The van der Waals surface area contributed by atoms with Gasteiger partial charge in [-0.2, -0.15) is 0 Å². The van der Waals surface area contributed by atoms with Crippen LogP contribution in [0.15, 0.2) is 66.7 Å². The molecule has 0 aromatic heterocycles. The summed E-state index contributed by atoms with van der Waals surface area (Å²) in [5.74, 6) is -2.85. The highest BCUT2D eigenvalue weighted by Crippen LogP contribution is 2.30. The molecular weight excluding hydrogens is 540 g/mol. The Morgan fingerprint density at radius 1 is 0.738 bits per heavy atom. The van der Waals surface area contributed by atoms with Crippen LogP contribution in [0, 0.1) is 11.6 Å². The van der Waals surface area contributed by atoms with Gasteiger partial charge in [0.15, 0.2) is 11.6 Å². The van der Waals surface area contributed by atoms with E-state index in [0.29, 0.717) is 69.2 Å². The van der Waals surface area contributed by atoms with Crippen LogP contribution in [0.1, 0.15) is 39.1 Å². The molecular formula is C32H35F2N5O3. The zero-order valence-corrected chi connectivity index (χ0v) is 23.5. The van der Waals surface area contributed by atoms with E-state index in [-0.39, 0.29) is 17.4 Å². The molecule has 0 radical (unpaired) electrons. The first-order valence-electron chi connectivity index (χ1n) is 14.4. The topological polar surface area (TPSA) is 85.0 Å². The third-order valence-corrected chi connectivity index (χ3v) is 7.69. The van der Waals surface area contributed by atoms with E-state index in [9.17, 15) is 23.2 Å². The Labute approximate surface area is 244 Å². The maximum absolute atomic E-state index is 13.9. The fraction of sp³-hybridized carbons (Fsp3) is 0.344. The van der Waals surface area contributed by atoms with Crippen LogP contribution in [-0.2, 0) is 11.2 Å². The summed E-state index contributed by atoms with van der Waals surface area (Å²) < 4.78 is 27.4. The smallest absolute Gasteiger partial charge is 0.255 e. The SMILES string of the molecule is O=C(Nc1cc(C(=O)N2CCCNCC2)ccc1N1CCCN(C(=O)Cc2ccccc2)CC1)c1ccc(F)c(F)c1. The summed E-state index contributed by atoms with van der Waals surface area (Å²) in [4.78, 5) is 45.3. The van der Waals surface area contributed by atoms with Gasteiger partial charge in [0.1, 0.15) is 0 Å². The lowest BCUT2D eigenvalue weighted by Crippen LogP contribution is -2.36. The van der Waals surface area contributed by atoms with Crippen LogP contribution < -0.4 is 15.5 Å². The summed E-state index contributed by atoms with van der Waals surface area (Å²) in [6, 6.07) is 17.8. The average Bonchev–Trinajstić information content (AvgIpc) is 3.43. The highest BCUT2D eigenvalue weighted by Gasteiger charge is 2.24. The molecule has 2 fully saturated rings. The van der Waals surface area contributed by atoms with Gasteiger partial charge in [-0.1, -0.05) is 30.3 Å². The highest BCUT2D eigenvalue weighted by molar-refractivity contribution is 6.07. The third kappa shape index (κ3) is 7.12. The van der Waals surface area contributed by atoms with Crippen LogP contribution >= 0.6 is 0 Å². The molecule has 0 bridgehead atoms. The van der Waals surface area contributed by atoms with Crippen molar-refractivity contribution in [2.75, 3.05) is 62.6 Å². The van der Waals surface area contributed by atoms with Gasteiger partial charge < -0.3 is 25.3 Å². The molecule has 3 amide bonds. The molecule has 3 aromatic carbocycles. The summed E-state index contributed by atoms with van der Waals surface area (Å²) in [6.45, 7) is 5.03. The first-order chi connectivity index (χ1) is 20.4. The quantitative estimate of drug-likeness (QED) is 0.466. The number of benzene rings is 3. The number of carbonyl (C=O) groups excluding carboxylic acids is 3. The molecule has 0 unspecified atom stereocenters. The van der Waals surface area contributed by atoms with Crippen molar-refractivity contribution in [1.82, 2.24) is 15.1 Å². The van der Waals surface area contributed by atoms with Crippen LogP contribution in [-0.4, -0.2) is 79.9 Å². The van der Waals surface area contributed by atoms with E-state index in [1.54, 1.807) is 17.0 Å². The summed E-state index contributed by atoms with van der Waals surface area (Å²) in [6.07, 6.45) is 1.90. The summed E-state index contributed by atoms with van der Waals surface area (Å²) in [5, 5.41) is 6.12. The number of nitrogens with one attached hydrogen (secondary N) is 2. The van der Waals surface area contributed by atoms with Crippen molar-refractivity contribution in [2.24, 2.45) is 0 Å². The molecule has 8 nitrogen and oxygen atoms in total. The fourth-order valence-electron chi connectivity index (χ4n) is 5.40. The lowest BCUT2D eigenvalue weighted by Gasteiger charge is -2.27. The molecule has 5 rings (SSSR count). The van der Waals surface area contributed by atoms with Crippen molar-refractivity contribution >= 4 is 29.1 Å². The molecule has 2 aliphatic heterocycles. The molecule has 42 heavy (non-hydrogen) atoms. The fourth-order valence-corrected chi connectivity index (χ4v) is 5.40. The number of hydrogen-bond donors (Lipinski definition) is 2. The maximum atomic E-state index is 13.9. The summed E-state index contributed by atoms with van der Waals surface area (Å²) >= 11 is 0. The molecule has 3 aromatic rings. The van der Waals surface area contributed by atoms with Crippen molar-refractivity contribution in [3.05, 3.63) is 95.1 Å². The number of carbonyl (C=O) groups is 3. The van der Waals surface area contributed by atoms with Crippen molar-refractivity contribution in [3.63, 3.8) is 0 Å². The number of hydrogen-bond acceptors (Lipinski definition) is 5. The second-order valence-corrected chi connectivity index (χ2v) is 10.6. The average molecular weight is 576 g/mol. The first kappa shape index (κ1) is 29.2. The second kappa shape index (κ2) is 13.6. The standard InChI is InChI=1S/C32H35F2N5O3/c33-26-10-8-24(21-27(26)34)31(41)36-28-22-25(32(42)39-14-4-12-35-13-17-39)9-11-29(28)37-15-5-16-38(19-18-37)30(40)20-23-6-2-1-3-7-23/h1-3,6-11,21-22,35H,4-5,12-20H2,(H,36,41). The number of halogens is 2. The van der Waals surface area contributed by atoms with Crippen LogP contribution in [0.3, 0.4) is 0 Å². The lowest BCUT2D eigenvalue weighted by atomic mass is 10.1. The molecule has 0 atom stereocenters. The summed E-state index contributed by atoms with van der Waals surface area (Å²) in [5.41, 5.74) is 2.44. The van der Waals surface area contributed by atoms with Gasteiger partial charge in [0, 0.05) is 56.9 Å². The molecule has 0 spiro atoms. The van der Waals surface area contributed by atoms with E-state index in [4.69, 9.17) is 0 Å². The van der Waals surface area contributed by atoms with Crippen LogP contribution in [0.5, 0.6) is 0 Å². The maximum Gasteiger partial charge on any atom is 0.255 e. The van der Waals surface area contributed by atoms with Gasteiger partial charge in [-0.25, -0.2) is 8.78 Å². The number of nitrogens with zero attached hydrogens (tertiary/aromatic N) is 3. The van der Waals surface area contributed by atoms with Gasteiger partial charge in [0.2, 0.25) is 5.91 Å². The molecule has 2 aliphatic rings. The second-order valence-electron chi connectivity index (χ2n) is 10.6. The van der Waals surface area contributed by atoms with Gasteiger partial charge in [0.25, 0.3) is 11.8 Å². The van der Waals surface area contributed by atoms with Crippen LogP contribution in [0.2, 0.25) is 0 Å². The molecule has 0 aliphatic carbocycles. The van der Waals surface area contributed by atoms with E-state index in [2.05, 4.69) is 15.5 Å².